The van der Waals surface area contributed by atoms with Gasteiger partial charge < -0.3 is 14.6 Å². The summed E-state index contributed by atoms with van der Waals surface area (Å²) in [7, 11) is 1.60. The number of aliphatic hydroxyl groups excluding tert-OH is 1. The summed E-state index contributed by atoms with van der Waals surface area (Å²) in [6.45, 7) is 2.19. The van der Waals surface area contributed by atoms with Crippen molar-refractivity contribution in [3.8, 4) is 22.6 Å². The lowest BCUT2D eigenvalue weighted by molar-refractivity contribution is 0.0914. The third-order valence-electron chi connectivity index (χ3n) is 4.83. The van der Waals surface area contributed by atoms with Crippen LogP contribution in [0.1, 0.15) is 5.56 Å². The van der Waals surface area contributed by atoms with Gasteiger partial charge in [-0.1, -0.05) is 29.8 Å². The third kappa shape index (κ3) is 4.22. The maximum atomic E-state index is 13.1. The van der Waals surface area contributed by atoms with Gasteiger partial charge in [0.05, 0.1) is 25.4 Å². The fraction of sp³-hybridized carbons (Fsp3) is 0.217. The Balaban J connectivity index is 1.52. The molecule has 2 heterocycles. The molecule has 0 saturated carbocycles. The van der Waals surface area contributed by atoms with E-state index in [-0.39, 0.29) is 18.7 Å². The number of fused-ring (bicyclic) bond motifs is 1. The number of aromatic nitrogens is 2. The molecule has 0 bridgehead atoms. The molecule has 2 aromatic heterocycles. The summed E-state index contributed by atoms with van der Waals surface area (Å²) in [5, 5.41) is 12.9. The van der Waals surface area contributed by atoms with E-state index in [4.69, 9.17) is 9.47 Å². The predicted molar refractivity (Wildman–Crippen MR) is 119 cm³/mol. The van der Waals surface area contributed by atoms with Crippen molar-refractivity contribution in [2.45, 2.75) is 19.6 Å². The molecule has 0 aliphatic heterocycles. The predicted octanol–water partition coefficient (Wildman–Crippen LogP) is 3.88. The molecule has 0 amide bonds. The Morgan fingerprint density at radius 3 is 2.50 bits per heavy atom. The van der Waals surface area contributed by atoms with E-state index in [0.29, 0.717) is 16.0 Å². The van der Waals surface area contributed by atoms with E-state index in [1.54, 1.807) is 31.4 Å². The van der Waals surface area contributed by atoms with Gasteiger partial charge >= 0.3 is 0 Å². The van der Waals surface area contributed by atoms with Gasteiger partial charge in [-0.2, -0.15) is 0 Å². The largest absolute Gasteiger partial charge is 0.497 e. The van der Waals surface area contributed by atoms with E-state index in [1.165, 1.54) is 22.2 Å². The van der Waals surface area contributed by atoms with E-state index in [9.17, 15) is 9.90 Å². The van der Waals surface area contributed by atoms with Crippen molar-refractivity contribution >= 4 is 21.6 Å². The SMILES string of the molecule is COc1ccc(OC[C@H](O)Cn2cnc3scc(-c4ccc(C)cc4)c3c2=O)cc1. The van der Waals surface area contributed by atoms with Crippen molar-refractivity contribution < 1.29 is 14.6 Å². The Labute approximate surface area is 178 Å². The summed E-state index contributed by atoms with van der Waals surface area (Å²) >= 11 is 1.44. The smallest absolute Gasteiger partial charge is 0.262 e. The summed E-state index contributed by atoms with van der Waals surface area (Å²) in [4.78, 5) is 18.2. The molecule has 154 valence electrons. The molecule has 0 aliphatic carbocycles. The van der Waals surface area contributed by atoms with Crippen molar-refractivity contribution in [2.24, 2.45) is 0 Å². The van der Waals surface area contributed by atoms with E-state index in [0.717, 1.165) is 22.4 Å². The maximum Gasteiger partial charge on any atom is 0.262 e. The molecule has 0 radical (unpaired) electrons. The van der Waals surface area contributed by atoms with Crippen LogP contribution in [0, 0.1) is 6.92 Å². The zero-order chi connectivity index (χ0) is 21.1. The highest BCUT2D eigenvalue weighted by atomic mass is 32.1. The number of benzene rings is 2. The molecule has 0 saturated heterocycles. The van der Waals surface area contributed by atoms with Crippen LogP contribution in [0.3, 0.4) is 0 Å². The van der Waals surface area contributed by atoms with Crippen LogP contribution >= 0.6 is 11.3 Å². The van der Waals surface area contributed by atoms with Gasteiger partial charge in [0.2, 0.25) is 0 Å². The zero-order valence-electron chi connectivity index (χ0n) is 16.7. The summed E-state index contributed by atoms with van der Waals surface area (Å²) in [6, 6.07) is 15.2. The molecule has 4 rings (SSSR count). The number of ether oxygens (including phenoxy) is 2. The van der Waals surface area contributed by atoms with Crippen LogP contribution in [0.5, 0.6) is 11.5 Å². The van der Waals surface area contributed by atoms with Crippen LogP contribution in [0.15, 0.2) is 65.0 Å². The van der Waals surface area contributed by atoms with Crippen LogP contribution < -0.4 is 15.0 Å². The fourth-order valence-corrected chi connectivity index (χ4v) is 4.09. The zero-order valence-corrected chi connectivity index (χ0v) is 17.6. The lowest BCUT2D eigenvalue weighted by atomic mass is 10.1. The first-order valence-electron chi connectivity index (χ1n) is 9.54. The number of hydrogen-bond donors (Lipinski definition) is 1. The van der Waals surface area contributed by atoms with E-state index >= 15 is 0 Å². The van der Waals surface area contributed by atoms with Crippen molar-refractivity contribution in [1.29, 1.82) is 0 Å². The topological polar surface area (TPSA) is 73.6 Å². The van der Waals surface area contributed by atoms with Crippen molar-refractivity contribution in [1.82, 2.24) is 9.55 Å². The minimum Gasteiger partial charge on any atom is -0.497 e. The van der Waals surface area contributed by atoms with Crippen molar-refractivity contribution in [3.63, 3.8) is 0 Å². The lowest BCUT2D eigenvalue weighted by Crippen LogP contribution is -2.30. The number of hydrogen-bond acceptors (Lipinski definition) is 6. The van der Waals surface area contributed by atoms with Gasteiger partial charge in [0.1, 0.15) is 29.0 Å². The van der Waals surface area contributed by atoms with Crippen LogP contribution in [0.4, 0.5) is 0 Å². The average molecular weight is 423 g/mol. The van der Waals surface area contributed by atoms with Gasteiger partial charge in [0.25, 0.3) is 5.56 Å². The van der Waals surface area contributed by atoms with Gasteiger partial charge in [-0.25, -0.2) is 4.98 Å². The van der Waals surface area contributed by atoms with Gasteiger partial charge in [-0.3, -0.25) is 9.36 Å². The molecule has 0 aliphatic rings. The van der Waals surface area contributed by atoms with Crippen molar-refractivity contribution in [2.75, 3.05) is 13.7 Å². The standard InChI is InChI=1S/C23H22N2O4S/c1-15-3-5-16(6-4-15)20-13-30-22-21(20)23(27)25(14-24-22)11-17(26)12-29-19-9-7-18(28-2)8-10-19/h3-10,13-14,17,26H,11-12H2,1-2H3/t17-/m1/s1. The second-order valence-electron chi connectivity index (χ2n) is 7.04. The fourth-order valence-electron chi connectivity index (χ4n) is 3.19. The number of nitrogens with zero attached hydrogens (tertiary/aromatic N) is 2. The minimum atomic E-state index is -0.856. The van der Waals surface area contributed by atoms with E-state index < -0.39 is 6.10 Å². The Hall–Kier alpha value is -3.16. The van der Waals surface area contributed by atoms with Gasteiger partial charge in [0.15, 0.2) is 0 Å². The Morgan fingerprint density at radius 1 is 1.10 bits per heavy atom. The second kappa shape index (κ2) is 8.69. The number of rotatable bonds is 7. The first kappa shape index (κ1) is 20.1. The number of aryl methyl sites for hydroxylation is 1. The van der Waals surface area contributed by atoms with E-state index in [2.05, 4.69) is 4.98 Å². The van der Waals surface area contributed by atoms with E-state index in [1.807, 2.05) is 36.6 Å². The van der Waals surface area contributed by atoms with Gasteiger partial charge in [0, 0.05) is 10.9 Å². The molecule has 30 heavy (non-hydrogen) atoms. The van der Waals surface area contributed by atoms with Crippen molar-refractivity contribution in [3.05, 3.63) is 76.2 Å². The summed E-state index contributed by atoms with van der Waals surface area (Å²) < 4.78 is 12.2. The molecule has 7 heteroatoms. The average Bonchev–Trinajstić information content (AvgIpc) is 3.20. The van der Waals surface area contributed by atoms with Crippen LogP contribution in [-0.4, -0.2) is 34.5 Å². The lowest BCUT2D eigenvalue weighted by Gasteiger charge is -2.14. The minimum absolute atomic E-state index is 0.0608. The summed E-state index contributed by atoms with van der Waals surface area (Å²) in [6.07, 6.45) is 0.627. The molecule has 2 aromatic carbocycles. The van der Waals surface area contributed by atoms with Crippen LogP contribution in [-0.2, 0) is 6.54 Å². The second-order valence-corrected chi connectivity index (χ2v) is 7.90. The first-order chi connectivity index (χ1) is 14.5. The molecular formula is C23H22N2O4S. The van der Waals surface area contributed by atoms with Gasteiger partial charge in [-0.05, 0) is 36.8 Å². The highest BCUT2D eigenvalue weighted by molar-refractivity contribution is 7.17. The monoisotopic (exact) mass is 422 g/mol. The summed E-state index contributed by atoms with van der Waals surface area (Å²) in [5.74, 6) is 1.35. The molecule has 6 nitrogen and oxygen atoms in total. The molecule has 4 aromatic rings. The molecule has 1 N–H and O–H groups in total. The molecule has 0 spiro atoms. The quantitative estimate of drug-likeness (QED) is 0.489. The molecular weight excluding hydrogens is 400 g/mol. The Kier molecular flexibility index (Phi) is 5.83. The highest BCUT2D eigenvalue weighted by Gasteiger charge is 2.15. The van der Waals surface area contributed by atoms with Gasteiger partial charge in [-0.15, -0.1) is 11.3 Å². The molecule has 0 fully saturated rings. The molecule has 1 atom stereocenters. The Morgan fingerprint density at radius 2 is 1.80 bits per heavy atom. The number of methoxy groups -OCH3 is 1. The Bertz CT molecular complexity index is 1200. The first-order valence-corrected chi connectivity index (χ1v) is 10.4. The van der Waals surface area contributed by atoms with Crippen LogP contribution in [0.25, 0.3) is 21.3 Å². The highest BCUT2D eigenvalue weighted by Crippen LogP contribution is 2.30. The maximum absolute atomic E-state index is 13.1. The number of aliphatic hydroxyl groups is 1. The summed E-state index contributed by atoms with van der Waals surface area (Å²) in [5.41, 5.74) is 2.84. The third-order valence-corrected chi connectivity index (χ3v) is 5.72. The normalized spacial score (nSPS) is 12.1. The van der Waals surface area contributed by atoms with Crippen LogP contribution in [0.2, 0.25) is 0 Å². The number of thiophene rings is 1. The molecule has 0 unspecified atom stereocenters.